The molecule has 0 fully saturated rings. The van der Waals surface area contributed by atoms with Crippen LogP contribution in [-0.4, -0.2) is 12.6 Å². The first kappa shape index (κ1) is 8.43. The molecule has 0 bridgehead atoms. The van der Waals surface area contributed by atoms with E-state index in [1.807, 2.05) is 0 Å². The molecule has 0 atom stereocenters. The van der Waals surface area contributed by atoms with E-state index in [0.29, 0.717) is 0 Å². The van der Waals surface area contributed by atoms with E-state index in [2.05, 4.69) is 33.8 Å². The summed E-state index contributed by atoms with van der Waals surface area (Å²) in [5.41, 5.74) is 0. The van der Waals surface area contributed by atoms with Gasteiger partial charge in [0.05, 0.1) is 4.48 Å². The standard InChI is InChI=1S/C6H7BrO2/c1-3-4-9-6(8)5(2)7/h3H,1-2,4H2. The molecule has 9 heavy (non-hydrogen) atoms. The van der Waals surface area contributed by atoms with Gasteiger partial charge in [-0.3, -0.25) is 0 Å². The van der Waals surface area contributed by atoms with Crippen LogP contribution in [0.3, 0.4) is 0 Å². The van der Waals surface area contributed by atoms with Crippen LogP contribution in [0.2, 0.25) is 0 Å². The Morgan fingerprint density at radius 1 is 1.78 bits per heavy atom. The molecule has 2 nitrogen and oxygen atoms in total. The average Bonchev–Trinajstić information content (AvgIpc) is 1.82. The predicted octanol–water partition coefficient (Wildman–Crippen LogP) is 1.62. The molecule has 0 spiro atoms. The minimum absolute atomic E-state index is 0.226. The molecule has 0 aromatic heterocycles. The highest BCUT2D eigenvalue weighted by molar-refractivity contribution is 9.12. The highest BCUT2D eigenvalue weighted by Gasteiger charge is 2.00. The van der Waals surface area contributed by atoms with Crippen molar-refractivity contribution >= 4 is 21.9 Å². The zero-order valence-electron chi connectivity index (χ0n) is 4.89. The lowest BCUT2D eigenvalue weighted by atomic mass is 10.6. The van der Waals surface area contributed by atoms with Gasteiger partial charge < -0.3 is 4.74 Å². The number of esters is 1. The molecular formula is C6H7BrO2. The van der Waals surface area contributed by atoms with Crippen molar-refractivity contribution < 1.29 is 9.53 Å². The van der Waals surface area contributed by atoms with Crippen LogP contribution in [-0.2, 0) is 9.53 Å². The van der Waals surface area contributed by atoms with E-state index in [4.69, 9.17) is 0 Å². The van der Waals surface area contributed by atoms with E-state index < -0.39 is 5.97 Å². The molecule has 0 unspecified atom stereocenters. The second kappa shape index (κ2) is 4.32. The molecule has 0 aromatic carbocycles. The lowest BCUT2D eigenvalue weighted by Gasteiger charge is -1.96. The Labute approximate surface area is 62.3 Å². The zero-order valence-corrected chi connectivity index (χ0v) is 6.48. The highest BCUT2D eigenvalue weighted by Crippen LogP contribution is 2.02. The van der Waals surface area contributed by atoms with E-state index in [9.17, 15) is 4.79 Å². The minimum Gasteiger partial charge on any atom is -0.458 e. The molecule has 0 heterocycles. The van der Waals surface area contributed by atoms with Gasteiger partial charge in [-0.25, -0.2) is 4.79 Å². The Morgan fingerprint density at radius 2 is 2.33 bits per heavy atom. The largest absolute Gasteiger partial charge is 0.458 e. The summed E-state index contributed by atoms with van der Waals surface area (Å²) in [5, 5.41) is 0. The van der Waals surface area contributed by atoms with Crippen molar-refractivity contribution in [1.82, 2.24) is 0 Å². The summed E-state index contributed by atoms with van der Waals surface area (Å²) in [5.74, 6) is -0.449. The van der Waals surface area contributed by atoms with Crippen LogP contribution in [0, 0.1) is 0 Å². The van der Waals surface area contributed by atoms with Crippen LogP contribution >= 0.6 is 15.9 Å². The topological polar surface area (TPSA) is 26.3 Å². The molecule has 0 saturated heterocycles. The second-order valence-corrected chi connectivity index (χ2v) is 2.25. The number of ether oxygens (including phenoxy) is 1. The number of halogens is 1. The fourth-order valence-corrected chi connectivity index (χ4v) is 0.327. The molecule has 0 N–H and O–H groups in total. The Bertz CT molecular complexity index is 140. The highest BCUT2D eigenvalue weighted by atomic mass is 79.9. The summed E-state index contributed by atoms with van der Waals surface area (Å²) in [6.45, 7) is 6.91. The quantitative estimate of drug-likeness (QED) is 0.385. The van der Waals surface area contributed by atoms with Gasteiger partial charge in [-0.1, -0.05) is 19.2 Å². The van der Waals surface area contributed by atoms with Gasteiger partial charge in [0.1, 0.15) is 6.61 Å². The van der Waals surface area contributed by atoms with Crippen LogP contribution in [0.4, 0.5) is 0 Å². The van der Waals surface area contributed by atoms with Crippen molar-refractivity contribution in [3.8, 4) is 0 Å². The molecule has 3 heteroatoms. The van der Waals surface area contributed by atoms with Gasteiger partial charge in [0.2, 0.25) is 0 Å². The number of carbonyl (C=O) groups excluding carboxylic acids is 1. The first-order chi connectivity index (χ1) is 4.18. The van der Waals surface area contributed by atoms with Gasteiger partial charge in [-0.05, 0) is 15.9 Å². The predicted molar refractivity (Wildman–Crippen MR) is 39.2 cm³/mol. The van der Waals surface area contributed by atoms with Crippen molar-refractivity contribution in [2.24, 2.45) is 0 Å². The summed E-state index contributed by atoms with van der Waals surface area (Å²) in [4.78, 5) is 10.5. The molecular weight excluding hydrogens is 184 g/mol. The molecule has 0 saturated carbocycles. The molecule has 0 aliphatic heterocycles. The van der Waals surface area contributed by atoms with E-state index in [-0.39, 0.29) is 11.1 Å². The van der Waals surface area contributed by atoms with Crippen LogP contribution in [0.15, 0.2) is 23.7 Å². The fraction of sp³-hybridized carbons (Fsp3) is 0.167. The Morgan fingerprint density at radius 3 is 2.67 bits per heavy atom. The van der Waals surface area contributed by atoms with Crippen molar-refractivity contribution in [3.05, 3.63) is 23.7 Å². The number of rotatable bonds is 3. The van der Waals surface area contributed by atoms with Gasteiger partial charge in [0.25, 0.3) is 0 Å². The maximum absolute atomic E-state index is 10.5. The number of carbonyl (C=O) groups is 1. The van der Waals surface area contributed by atoms with Gasteiger partial charge in [0.15, 0.2) is 0 Å². The minimum atomic E-state index is -0.449. The lowest BCUT2D eigenvalue weighted by molar-refractivity contribution is -0.136. The lowest BCUT2D eigenvalue weighted by Crippen LogP contribution is -2.02. The molecule has 0 aliphatic carbocycles. The summed E-state index contributed by atoms with van der Waals surface area (Å²) in [6.07, 6.45) is 1.49. The number of hydrogen-bond acceptors (Lipinski definition) is 2. The first-order valence-electron chi connectivity index (χ1n) is 2.31. The third-order valence-electron chi connectivity index (χ3n) is 0.554. The third kappa shape index (κ3) is 3.97. The molecule has 0 aliphatic rings. The van der Waals surface area contributed by atoms with Gasteiger partial charge >= 0.3 is 5.97 Å². The van der Waals surface area contributed by atoms with E-state index >= 15 is 0 Å². The number of hydrogen-bond donors (Lipinski definition) is 0. The Kier molecular flexibility index (Phi) is 4.05. The van der Waals surface area contributed by atoms with Crippen molar-refractivity contribution in [2.45, 2.75) is 0 Å². The molecule has 0 radical (unpaired) electrons. The van der Waals surface area contributed by atoms with Crippen molar-refractivity contribution in [1.29, 1.82) is 0 Å². The molecule has 0 amide bonds. The maximum atomic E-state index is 10.5. The average molecular weight is 191 g/mol. The van der Waals surface area contributed by atoms with E-state index in [1.165, 1.54) is 6.08 Å². The van der Waals surface area contributed by atoms with Crippen LogP contribution < -0.4 is 0 Å². The second-order valence-electron chi connectivity index (χ2n) is 1.29. The normalized spacial score (nSPS) is 8.11. The Hall–Kier alpha value is -0.570. The summed E-state index contributed by atoms with van der Waals surface area (Å²) in [6, 6.07) is 0. The molecule has 0 rings (SSSR count). The van der Waals surface area contributed by atoms with Crippen molar-refractivity contribution in [2.75, 3.05) is 6.61 Å². The van der Waals surface area contributed by atoms with E-state index in [1.54, 1.807) is 0 Å². The van der Waals surface area contributed by atoms with Gasteiger partial charge in [-0.2, -0.15) is 0 Å². The fourth-order valence-electron chi connectivity index (χ4n) is 0.213. The summed E-state index contributed by atoms with van der Waals surface area (Å²) < 4.78 is 4.78. The summed E-state index contributed by atoms with van der Waals surface area (Å²) in [7, 11) is 0. The third-order valence-corrected chi connectivity index (χ3v) is 0.878. The summed E-state index contributed by atoms with van der Waals surface area (Å²) >= 11 is 2.87. The molecule has 50 valence electrons. The van der Waals surface area contributed by atoms with Crippen molar-refractivity contribution in [3.63, 3.8) is 0 Å². The van der Waals surface area contributed by atoms with E-state index in [0.717, 1.165) is 0 Å². The smallest absolute Gasteiger partial charge is 0.344 e. The van der Waals surface area contributed by atoms with Crippen LogP contribution in [0.1, 0.15) is 0 Å². The SMILES string of the molecule is C=CCOC(=O)C(=C)Br. The van der Waals surface area contributed by atoms with Crippen LogP contribution in [0.25, 0.3) is 0 Å². The monoisotopic (exact) mass is 190 g/mol. The maximum Gasteiger partial charge on any atom is 0.344 e. The van der Waals surface area contributed by atoms with Gasteiger partial charge in [0, 0.05) is 0 Å². The van der Waals surface area contributed by atoms with Gasteiger partial charge in [-0.15, -0.1) is 0 Å². The first-order valence-corrected chi connectivity index (χ1v) is 3.10. The van der Waals surface area contributed by atoms with Crippen LogP contribution in [0.5, 0.6) is 0 Å². The molecule has 0 aromatic rings. The Balaban J connectivity index is 3.51. The zero-order chi connectivity index (χ0) is 7.28.